The molecule has 0 bridgehead atoms. The predicted molar refractivity (Wildman–Crippen MR) is 70.6 cm³/mol. The number of carbonyl (C=O) groups excluding carboxylic acids is 1. The Bertz CT molecular complexity index is 465. The van der Waals surface area contributed by atoms with E-state index < -0.39 is 17.7 Å². The van der Waals surface area contributed by atoms with Crippen LogP contribution in [0.1, 0.15) is 0 Å². The number of urea groups is 1. The van der Waals surface area contributed by atoms with Gasteiger partial charge in [0, 0.05) is 37.9 Å². The van der Waals surface area contributed by atoms with Crippen LogP contribution in [-0.2, 0) is 4.74 Å². The molecule has 0 aliphatic carbocycles. The molecule has 1 aliphatic rings. The normalized spacial score (nSPS) is 15.9. The lowest BCUT2D eigenvalue weighted by Gasteiger charge is -2.26. The lowest BCUT2D eigenvalue weighted by Crippen LogP contribution is -2.42. The van der Waals surface area contributed by atoms with Crippen LogP contribution in [0.4, 0.5) is 19.3 Å². The maximum Gasteiger partial charge on any atom is 0.319 e. The summed E-state index contributed by atoms with van der Waals surface area (Å²) in [6, 6.07) is 2.78. The van der Waals surface area contributed by atoms with Gasteiger partial charge in [0.2, 0.25) is 0 Å². The van der Waals surface area contributed by atoms with Gasteiger partial charge in [-0.25, -0.2) is 13.6 Å². The van der Waals surface area contributed by atoms with Gasteiger partial charge >= 0.3 is 6.03 Å². The second kappa shape index (κ2) is 7.16. The van der Waals surface area contributed by atoms with Gasteiger partial charge in [-0.2, -0.15) is 0 Å². The highest BCUT2D eigenvalue weighted by molar-refractivity contribution is 5.89. The van der Waals surface area contributed by atoms with Crippen LogP contribution in [0.15, 0.2) is 18.2 Å². The van der Waals surface area contributed by atoms with Crippen LogP contribution in [0.2, 0.25) is 0 Å². The Kier molecular flexibility index (Phi) is 5.25. The number of morpholine rings is 1. The topological polar surface area (TPSA) is 53.6 Å². The van der Waals surface area contributed by atoms with Crippen molar-refractivity contribution < 1.29 is 18.3 Å². The number of benzene rings is 1. The van der Waals surface area contributed by atoms with Crippen molar-refractivity contribution in [1.82, 2.24) is 10.2 Å². The first kappa shape index (κ1) is 14.7. The van der Waals surface area contributed by atoms with Gasteiger partial charge in [-0.1, -0.05) is 0 Å². The summed E-state index contributed by atoms with van der Waals surface area (Å²) in [5, 5.41) is 5.11. The number of nitrogens with one attached hydrogen (secondary N) is 2. The van der Waals surface area contributed by atoms with Crippen LogP contribution >= 0.6 is 0 Å². The Morgan fingerprint density at radius 3 is 2.70 bits per heavy atom. The molecule has 1 aromatic rings. The Balaban J connectivity index is 1.70. The van der Waals surface area contributed by atoms with E-state index in [0.717, 1.165) is 31.8 Å². The van der Waals surface area contributed by atoms with Gasteiger partial charge in [0.05, 0.1) is 13.2 Å². The van der Waals surface area contributed by atoms with Crippen LogP contribution in [0.5, 0.6) is 0 Å². The van der Waals surface area contributed by atoms with Crippen molar-refractivity contribution in [3.63, 3.8) is 0 Å². The Morgan fingerprint density at radius 2 is 2.00 bits per heavy atom. The van der Waals surface area contributed by atoms with Crippen molar-refractivity contribution in [2.45, 2.75) is 0 Å². The van der Waals surface area contributed by atoms with Crippen molar-refractivity contribution in [1.29, 1.82) is 0 Å². The summed E-state index contributed by atoms with van der Waals surface area (Å²) < 4.78 is 30.9. The van der Waals surface area contributed by atoms with Crippen LogP contribution in [0, 0.1) is 11.6 Å². The van der Waals surface area contributed by atoms with E-state index in [-0.39, 0.29) is 5.69 Å². The molecule has 2 rings (SSSR count). The molecule has 110 valence electrons. The van der Waals surface area contributed by atoms with Gasteiger partial charge in [-0.15, -0.1) is 0 Å². The second-order valence-electron chi connectivity index (χ2n) is 4.46. The smallest absolute Gasteiger partial charge is 0.319 e. The zero-order valence-corrected chi connectivity index (χ0v) is 11.0. The number of rotatable bonds is 4. The van der Waals surface area contributed by atoms with Crippen LogP contribution in [0.25, 0.3) is 0 Å². The van der Waals surface area contributed by atoms with Crippen molar-refractivity contribution in [2.75, 3.05) is 44.7 Å². The molecule has 20 heavy (non-hydrogen) atoms. The van der Waals surface area contributed by atoms with Crippen molar-refractivity contribution in [3.05, 3.63) is 29.8 Å². The molecule has 0 atom stereocenters. The summed E-state index contributed by atoms with van der Waals surface area (Å²) in [5.74, 6) is -1.93. The van der Waals surface area contributed by atoms with E-state index >= 15 is 0 Å². The second-order valence-corrected chi connectivity index (χ2v) is 4.46. The maximum absolute atomic E-state index is 13.0. The standard InChI is InChI=1S/C13H17F2N3O2/c14-11-2-1-10(9-12(11)15)17-13(19)16-3-4-18-5-7-20-8-6-18/h1-2,9H,3-8H2,(H2,16,17,19). The lowest BCUT2D eigenvalue weighted by atomic mass is 10.3. The van der Waals surface area contributed by atoms with Crippen LogP contribution in [0.3, 0.4) is 0 Å². The van der Waals surface area contributed by atoms with Crippen molar-refractivity contribution >= 4 is 11.7 Å². The molecule has 7 heteroatoms. The van der Waals surface area contributed by atoms with Gasteiger partial charge in [0.15, 0.2) is 11.6 Å². The van der Waals surface area contributed by atoms with E-state index in [1.165, 1.54) is 6.07 Å². The third-order valence-corrected chi connectivity index (χ3v) is 2.99. The molecule has 2 amide bonds. The highest BCUT2D eigenvalue weighted by Crippen LogP contribution is 2.12. The van der Waals surface area contributed by atoms with Gasteiger partial charge in [0.1, 0.15) is 0 Å². The Morgan fingerprint density at radius 1 is 1.25 bits per heavy atom. The molecule has 1 heterocycles. The van der Waals surface area contributed by atoms with Crippen molar-refractivity contribution in [3.8, 4) is 0 Å². The number of anilines is 1. The number of hydrogen-bond donors (Lipinski definition) is 2. The Labute approximate surface area is 115 Å². The van der Waals surface area contributed by atoms with Crippen molar-refractivity contribution in [2.24, 2.45) is 0 Å². The summed E-state index contributed by atoms with van der Waals surface area (Å²) in [6.45, 7) is 4.34. The zero-order valence-electron chi connectivity index (χ0n) is 11.0. The molecule has 0 unspecified atom stereocenters. The first-order valence-electron chi connectivity index (χ1n) is 6.45. The molecule has 0 saturated carbocycles. The zero-order chi connectivity index (χ0) is 14.4. The summed E-state index contributed by atoms with van der Waals surface area (Å²) in [6.07, 6.45) is 0. The largest absolute Gasteiger partial charge is 0.379 e. The molecule has 1 fully saturated rings. The predicted octanol–water partition coefficient (Wildman–Crippen LogP) is 1.42. The average Bonchev–Trinajstić information content (AvgIpc) is 2.44. The highest BCUT2D eigenvalue weighted by atomic mass is 19.2. The van der Waals surface area contributed by atoms with Gasteiger partial charge in [-0.3, -0.25) is 4.90 Å². The third-order valence-electron chi connectivity index (χ3n) is 2.99. The summed E-state index contributed by atoms with van der Waals surface area (Å²) in [4.78, 5) is 13.8. The van der Waals surface area contributed by atoms with E-state index in [4.69, 9.17) is 4.74 Å². The fraction of sp³-hybridized carbons (Fsp3) is 0.462. The summed E-state index contributed by atoms with van der Waals surface area (Å²) in [7, 11) is 0. The van der Waals surface area contributed by atoms with Crippen LogP contribution < -0.4 is 10.6 Å². The monoisotopic (exact) mass is 285 g/mol. The van der Waals surface area contributed by atoms with Gasteiger partial charge < -0.3 is 15.4 Å². The summed E-state index contributed by atoms with van der Waals surface area (Å²) in [5.41, 5.74) is 0.216. The molecular formula is C13H17F2N3O2. The minimum Gasteiger partial charge on any atom is -0.379 e. The maximum atomic E-state index is 13.0. The molecule has 0 aromatic heterocycles. The highest BCUT2D eigenvalue weighted by Gasteiger charge is 2.10. The number of carbonyl (C=O) groups is 1. The third kappa shape index (κ3) is 4.43. The average molecular weight is 285 g/mol. The number of hydrogen-bond acceptors (Lipinski definition) is 3. The fourth-order valence-electron chi connectivity index (χ4n) is 1.90. The SMILES string of the molecule is O=C(NCCN1CCOCC1)Nc1ccc(F)c(F)c1. The van der Waals surface area contributed by atoms with E-state index in [2.05, 4.69) is 15.5 Å². The van der Waals surface area contributed by atoms with E-state index in [1.54, 1.807) is 0 Å². The molecule has 1 aliphatic heterocycles. The lowest BCUT2D eigenvalue weighted by molar-refractivity contribution is 0.0388. The Hall–Kier alpha value is -1.73. The summed E-state index contributed by atoms with van der Waals surface area (Å²) >= 11 is 0. The van der Waals surface area contributed by atoms with Gasteiger partial charge in [-0.05, 0) is 12.1 Å². The van der Waals surface area contributed by atoms with Crippen LogP contribution in [-0.4, -0.2) is 50.3 Å². The quantitative estimate of drug-likeness (QED) is 0.879. The molecule has 2 N–H and O–H groups in total. The number of nitrogens with zero attached hydrogens (tertiary/aromatic N) is 1. The number of ether oxygens (including phenoxy) is 1. The minimum atomic E-state index is -0.990. The van der Waals surface area contributed by atoms with E-state index in [0.29, 0.717) is 19.8 Å². The first-order valence-corrected chi connectivity index (χ1v) is 6.45. The molecule has 0 radical (unpaired) electrons. The van der Waals surface area contributed by atoms with E-state index in [9.17, 15) is 13.6 Å². The molecular weight excluding hydrogens is 268 g/mol. The first-order chi connectivity index (χ1) is 9.65. The number of halogens is 2. The minimum absolute atomic E-state index is 0.216. The van der Waals surface area contributed by atoms with Gasteiger partial charge in [0.25, 0.3) is 0 Å². The molecule has 1 aromatic carbocycles. The molecule has 1 saturated heterocycles. The molecule has 5 nitrogen and oxygen atoms in total. The number of amides is 2. The fourth-order valence-corrected chi connectivity index (χ4v) is 1.90. The van der Waals surface area contributed by atoms with E-state index in [1.807, 2.05) is 0 Å². The molecule has 0 spiro atoms.